The fraction of sp³-hybridized carbons (Fsp3) is 0.471. The third-order valence-electron chi connectivity index (χ3n) is 3.78. The summed E-state index contributed by atoms with van der Waals surface area (Å²) in [5, 5.41) is 3.34. The van der Waals surface area contributed by atoms with Gasteiger partial charge in [-0.05, 0) is 32.3 Å². The van der Waals surface area contributed by atoms with Crippen LogP contribution in [0, 0.1) is 0 Å². The Morgan fingerprint density at radius 1 is 1.17 bits per heavy atom. The number of hydrogen-bond acceptors (Lipinski definition) is 6. The van der Waals surface area contributed by atoms with Gasteiger partial charge in [-0.2, -0.15) is 0 Å². The summed E-state index contributed by atoms with van der Waals surface area (Å²) in [4.78, 5) is 8.80. The number of likely N-dealkylation sites (N-methyl/N-ethyl adjacent to an activating group) is 1. The van der Waals surface area contributed by atoms with Crippen molar-refractivity contribution in [1.29, 1.82) is 0 Å². The highest BCUT2D eigenvalue weighted by Crippen LogP contribution is 2.16. The summed E-state index contributed by atoms with van der Waals surface area (Å²) in [6, 6.07) is 10.4. The average molecular weight is 316 g/mol. The molecule has 0 aliphatic carbocycles. The highest BCUT2D eigenvalue weighted by molar-refractivity contribution is 5.73. The Morgan fingerprint density at radius 3 is 2.57 bits per heavy atom. The van der Waals surface area contributed by atoms with Crippen LogP contribution in [0.15, 0.2) is 47.2 Å². The van der Waals surface area contributed by atoms with Crippen molar-refractivity contribution < 1.29 is 0 Å². The molecule has 0 bridgehead atoms. The number of hydrogen-bond donors (Lipinski definition) is 3. The molecule has 0 fully saturated rings. The van der Waals surface area contributed by atoms with Gasteiger partial charge in [0, 0.05) is 32.3 Å². The van der Waals surface area contributed by atoms with Gasteiger partial charge in [-0.15, -0.1) is 0 Å². The molecule has 0 aromatic heterocycles. The maximum Gasteiger partial charge on any atom is 0.184 e. The third-order valence-corrected chi connectivity index (χ3v) is 3.78. The predicted molar refractivity (Wildman–Crippen MR) is 95.7 cm³/mol. The highest BCUT2D eigenvalue weighted by atomic mass is 15.4. The van der Waals surface area contributed by atoms with Crippen molar-refractivity contribution in [3.63, 3.8) is 0 Å². The molecular weight excluding hydrogens is 288 g/mol. The number of allylic oxidation sites excluding steroid dienone is 1. The van der Waals surface area contributed by atoms with Crippen molar-refractivity contribution in [1.82, 2.24) is 15.1 Å². The SMILES string of the molecule is CN(C)CCN(Cc1ccccc1)C1=CC=NC(N)(CCN)N1. The molecule has 1 aliphatic heterocycles. The van der Waals surface area contributed by atoms with Crippen LogP contribution in [0.3, 0.4) is 0 Å². The summed E-state index contributed by atoms with van der Waals surface area (Å²) in [6.07, 6.45) is 4.34. The summed E-state index contributed by atoms with van der Waals surface area (Å²) in [7, 11) is 4.15. The van der Waals surface area contributed by atoms with Crippen molar-refractivity contribution in [3.05, 3.63) is 47.8 Å². The summed E-state index contributed by atoms with van der Waals surface area (Å²) in [5.74, 6) is 0.174. The number of benzene rings is 1. The number of nitrogens with one attached hydrogen (secondary N) is 1. The molecule has 6 heteroatoms. The van der Waals surface area contributed by atoms with Crippen LogP contribution in [-0.2, 0) is 6.54 Å². The fourth-order valence-corrected chi connectivity index (χ4v) is 2.48. The van der Waals surface area contributed by atoms with Gasteiger partial charge in [-0.1, -0.05) is 30.3 Å². The Labute approximate surface area is 138 Å². The van der Waals surface area contributed by atoms with E-state index in [1.165, 1.54) is 5.56 Å². The largest absolute Gasteiger partial charge is 0.353 e. The van der Waals surface area contributed by atoms with Crippen LogP contribution in [-0.4, -0.2) is 55.5 Å². The maximum atomic E-state index is 6.28. The van der Waals surface area contributed by atoms with Gasteiger partial charge in [-0.25, -0.2) is 0 Å². The van der Waals surface area contributed by atoms with Gasteiger partial charge in [-0.3, -0.25) is 10.7 Å². The number of rotatable bonds is 8. The molecule has 1 unspecified atom stereocenters. The van der Waals surface area contributed by atoms with Crippen molar-refractivity contribution in [2.24, 2.45) is 16.5 Å². The molecule has 1 heterocycles. The second-order valence-corrected chi connectivity index (χ2v) is 6.13. The molecule has 0 radical (unpaired) electrons. The molecule has 1 atom stereocenters. The molecule has 23 heavy (non-hydrogen) atoms. The van der Waals surface area contributed by atoms with Gasteiger partial charge < -0.3 is 20.9 Å². The second-order valence-electron chi connectivity index (χ2n) is 6.13. The minimum atomic E-state index is -0.814. The Balaban J connectivity index is 2.13. The van der Waals surface area contributed by atoms with Crippen molar-refractivity contribution in [2.45, 2.75) is 18.8 Å². The average Bonchev–Trinajstić information content (AvgIpc) is 2.52. The molecule has 2 rings (SSSR count). The second kappa shape index (κ2) is 8.10. The van der Waals surface area contributed by atoms with E-state index < -0.39 is 5.79 Å². The van der Waals surface area contributed by atoms with Gasteiger partial charge in [0.2, 0.25) is 0 Å². The van der Waals surface area contributed by atoms with Gasteiger partial charge in [0.25, 0.3) is 0 Å². The normalized spacial score (nSPS) is 20.3. The van der Waals surface area contributed by atoms with Gasteiger partial charge in [0.1, 0.15) is 5.82 Å². The first-order valence-corrected chi connectivity index (χ1v) is 7.99. The summed E-state index contributed by atoms with van der Waals surface area (Å²) in [5.41, 5.74) is 13.2. The van der Waals surface area contributed by atoms with E-state index in [0.29, 0.717) is 13.0 Å². The van der Waals surface area contributed by atoms with Crippen LogP contribution in [0.5, 0.6) is 0 Å². The topological polar surface area (TPSA) is 82.9 Å². The van der Waals surface area contributed by atoms with E-state index in [4.69, 9.17) is 11.5 Å². The standard InChI is InChI=1S/C17H28N6/c1-22(2)12-13-23(14-15-6-4-3-5-7-15)16-8-11-20-17(19,21-16)9-10-18/h3-8,11,21H,9-10,12-14,18-19H2,1-2H3. The van der Waals surface area contributed by atoms with Crippen LogP contribution < -0.4 is 16.8 Å². The maximum absolute atomic E-state index is 6.28. The van der Waals surface area contributed by atoms with Crippen molar-refractivity contribution >= 4 is 6.21 Å². The van der Waals surface area contributed by atoms with E-state index in [2.05, 4.69) is 58.5 Å². The monoisotopic (exact) mass is 316 g/mol. The van der Waals surface area contributed by atoms with Crippen LogP contribution >= 0.6 is 0 Å². The van der Waals surface area contributed by atoms with E-state index in [9.17, 15) is 0 Å². The van der Waals surface area contributed by atoms with Crippen LogP contribution in [0.2, 0.25) is 0 Å². The highest BCUT2D eigenvalue weighted by Gasteiger charge is 2.27. The number of nitrogens with two attached hydrogens (primary N) is 2. The van der Waals surface area contributed by atoms with Crippen molar-refractivity contribution in [3.8, 4) is 0 Å². The molecule has 0 saturated heterocycles. The van der Waals surface area contributed by atoms with E-state index in [1.807, 2.05) is 12.1 Å². The predicted octanol–water partition coefficient (Wildman–Crippen LogP) is 0.527. The summed E-state index contributed by atoms with van der Waals surface area (Å²) in [6.45, 7) is 3.16. The molecule has 1 aliphatic rings. The first kappa shape index (κ1) is 17.5. The zero-order valence-corrected chi connectivity index (χ0v) is 14.1. The summed E-state index contributed by atoms with van der Waals surface area (Å²) < 4.78 is 0. The zero-order valence-electron chi connectivity index (χ0n) is 14.1. The minimum absolute atomic E-state index is 0.491. The van der Waals surface area contributed by atoms with Gasteiger partial charge in [0.05, 0.1) is 0 Å². The molecule has 5 N–H and O–H groups in total. The smallest absolute Gasteiger partial charge is 0.184 e. The quantitative estimate of drug-likeness (QED) is 0.651. The number of nitrogens with zero attached hydrogens (tertiary/aromatic N) is 3. The Kier molecular flexibility index (Phi) is 6.15. The number of aliphatic imine (C=N–C) groups is 1. The lowest BCUT2D eigenvalue weighted by Gasteiger charge is -2.37. The molecule has 126 valence electrons. The summed E-state index contributed by atoms with van der Waals surface area (Å²) >= 11 is 0. The fourth-order valence-electron chi connectivity index (χ4n) is 2.48. The van der Waals surface area contributed by atoms with E-state index in [0.717, 1.165) is 25.5 Å². The lowest BCUT2D eigenvalue weighted by atomic mass is 10.2. The van der Waals surface area contributed by atoms with Crippen LogP contribution in [0.25, 0.3) is 0 Å². The van der Waals surface area contributed by atoms with Gasteiger partial charge in [0.15, 0.2) is 5.79 Å². The Hall–Kier alpha value is -1.89. The first-order valence-electron chi connectivity index (χ1n) is 7.99. The molecule has 6 nitrogen and oxygen atoms in total. The van der Waals surface area contributed by atoms with E-state index in [1.54, 1.807) is 6.21 Å². The lowest BCUT2D eigenvalue weighted by Crippen LogP contribution is -2.56. The van der Waals surface area contributed by atoms with Gasteiger partial charge >= 0.3 is 0 Å². The van der Waals surface area contributed by atoms with E-state index in [-0.39, 0.29) is 0 Å². The molecule has 0 spiro atoms. The third kappa shape index (κ3) is 5.35. The Morgan fingerprint density at radius 2 is 1.91 bits per heavy atom. The van der Waals surface area contributed by atoms with Crippen LogP contribution in [0.1, 0.15) is 12.0 Å². The van der Waals surface area contributed by atoms with Crippen LogP contribution in [0.4, 0.5) is 0 Å². The molecule has 0 saturated carbocycles. The van der Waals surface area contributed by atoms with E-state index >= 15 is 0 Å². The molecule has 1 aromatic rings. The molecule has 0 amide bonds. The Bertz CT molecular complexity index is 539. The van der Waals surface area contributed by atoms with Crippen molar-refractivity contribution in [2.75, 3.05) is 33.7 Å². The minimum Gasteiger partial charge on any atom is -0.353 e. The lowest BCUT2D eigenvalue weighted by molar-refractivity contribution is 0.234. The first-order chi connectivity index (χ1) is 11.0. The molecule has 1 aromatic carbocycles. The molecular formula is C17H28N6. The zero-order chi connectivity index (χ0) is 16.7.